The summed E-state index contributed by atoms with van der Waals surface area (Å²) < 4.78 is 4.47. The van der Waals surface area contributed by atoms with Gasteiger partial charge in [0.15, 0.2) is 0 Å². The molecule has 0 atom stereocenters. The standard InChI is InChI=1S/C6H10O3/c1-3-5(2)9-6(8)4-7/h7H,2-4H2,1H3. The minimum atomic E-state index is -0.651. The number of ether oxygens (including phenoxy) is 1. The summed E-state index contributed by atoms with van der Waals surface area (Å²) >= 11 is 0. The van der Waals surface area contributed by atoms with Crippen LogP contribution in [0.2, 0.25) is 0 Å². The van der Waals surface area contributed by atoms with E-state index < -0.39 is 12.6 Å². The second-order valence-corrected chi connectivity index (χ2v) is 1.52. The molecule has 0 aromatic carbocycles. The minimum Gasteiger partial charge on any atom is -0.430 e. The van der Waals surface area contributed by atoms with Crippen LogP contribution in [0.5, 0.6) is 0 Å². The van der Waals surface area contributed by atoms with Gasteiger partial charge in [-0.15, -0.1) is 0 Å². The van der Waals surface area contributed by atoms with Crippen molar-refractivity contribution in [3.05, 3.63) is 12.3 Å². The zero-order chi connectivity index (χ0) is 7.28. The molecule has 0 radical (unpaired) electrons. The van der Waals surface area contributed by atoms with E-state index in [-0.39, 0.29) is 0 Å². The molecule has 0 saturated heterocycles. The van der Waals surface area contributed by atoms with Crippen LogP contribution in [-0.2, 0) is 9.53 Å². The summed E-state index contributed by atoms with van der Waals surface area (Å²) in [5.74, 6) is -0.268. The number of hydrogen-bond donors (Lipinski definition) is 1. The molecule has 0 aliphatic rings. The smallest absolute Gasteiger partial charge is 0.336 e. The van der Waals surface area contributed by atoms with Gasteiger partial charge in [-0.2, -0.15) is 0 Å². The normalized spacial score (nSPS) is 8.67. The third-order valence-corrected chi connectivity index (χ3v) is 0.782. The van der Waals surface area contributed by atoms with Crippen LogP contribution in [0.1, 0.15) is 13.3 Å². The lowest BCUT2D eigenvalue weighted by Crippen LogP contribution is -2.07. The number of esters is 1. The first-order valence-corrected chi connectivity index (χ1v) is 2.70. The predicted molar refractivity (Wildman–Crippen MR) is 32.6 cm³/mol. The molecule has 0 spiro atoms. The molecule has 1 N–H and O–H groups in total. The highest BCUT2D eigenvalue weighted by Gasteiger charge is 1.99. The molecule has 0 saturated carbocycles. The van der Waals surface area contributed by atoms with Crippen molar-refractivity contribution < 1.29 is 14.6 Å². The fraction of sp³-hybridized carbons (Fsp3) is 0.500. The Hall–Kier alpha value is -0.830. The molecule has 0 aliphatic carbocycles. The number of rotatable bonds is 3. The second-order valence-electron chi connectivity index (χ2n) is 1.52. The van der Waals surface area contributed by atoms with Gasteiger partial charge < -0.3 is 9.84 Å². The first-order chi connectivity index (χ1) is 4.20. The summed E-state index contributed by atoms with van der Waals surface area (Å²) in [6.45, 7) is 4.64. The monoisotopic (exact) mass is 130 g/mol. The lowest BCUT2D eigenvalue weighted by molar-refractivity contribution is -0.142. The van der Waals surface area contributed by atoms with Gasteiger partial charge in [-0.05, 0) is 0 Å². The van der Waals surface area contributed by atoms with Gasteiger partial charge in [0.1, 0.15) is 12.4 Å². The molecule has 3 nitrogen and oxygen atoms in total. The summed E-state index contributed by atoms with van der Waals surface area (Å²) in [5, 5.41) is 8.16. The summed E-state index contributed by atoms with van der Waals surface area (Å²) in [5.41, 5.74) is 0. The van der Waals surface area contributed by atoms with Crippen molar-refractivity contribution in [3.63, 3.8) is 0 Å². The van der Waals surface area contributed by atoms with E-state index in [2.05, 4.69) is 11.3 Å². The van der Waals surface area contributed by atoms with Crippen LogP contribution in [0, 0.1) is 0 Å². The Morgan fingerprint density at radius 3 is 2.67 bits per heavy atom. The van der Waals surface area contributed by atoms with Crippen molar-refractivity contribution in [1.29, 1.82) is 0 Å². The number of hydrogen-bond acceptors (Lipinski definition) is 3. The molecule has 0 aromatic heterocycles. The fourth-order valence-corrected chi connectivity index (χ4v) is 0.265. The van der Waals surface area contributed by atoms with Gasteiger partial charge in [-0.1, -0.05) is 13.5 Å². The van der Waals surface area contributed by atoms with Crippen LogP contribution in [0.4, 0.5) is 0 Å². The molecule has 9 heavy (non-hydrogen) atoms. The van der Waals surface area contributed by atoms with E-state index in [9.17, 15) is 4.79 Å². The van der Waals surface area contributed by atoms with E-state index in [0.29, 0.717) is 12.2 Å². The highest BCUT2D eigenvalue weighted by Crippen LogP contribution is 1.97. The molecule has 0 unspecified atom stereocenters. The maximum Gasteiger partial charge on any atom is 0.336 e. The molecule has 0 amide bonds. The first kappa shape index (κ1) is 8.17. The number of aliphatic hydroxyl groups is 1. The van der Waals surface area contributed by atoms with Crippen LogP contribution in [-0.4, -0.2) is 17.7 Å². The van der Waals surface area contributed by atoms with Crippen molar-refractivity contribution >= 4 is 5.97 Å². The highest BCUT2D eigenvalue weighted by atomic mass is 16.5. The summed E-state index contributed by atoms with van der Waals surface area (Å²) in [4.78, 5) is 10.2. The van der Waals surface area contributed by atoms with Crippen molar-refractivity contribution in [2.45, 2.75) is 13.3 Å². The number of carbonyl (C=O) groups is 1. The number of allylic oxidation sites excluding steroid dienone is 1. The Kier molecular flexibility index (Phi) is 3.71. The Bertz CT molecular complexity index is 103. The van der Waals surface area contributed by atoms with Crippen LogP contribution in [0.3, 0.4) is 0 Å². The third kappa shape index (κ3) is 3.73. The van der Waals surface area contributed by atoms with Crippen molar-refractivity contribution in [3.8, 4) is 0 Å². The van der Waals surface area contributed by atoms with Gasteiger partial charge in [0.2, 0.25) is 0 Å². The largest absolute Gasteiger partial charge is 0.430 e. The first-order valence-electron chi connectivity index (χ1n) is 2.70. The molecule has 0 bridgehead atoms. The van der Waals surface area contributed by atoms with Gasteiger partial charge in [0.05, 0.1) is 0 Å². The molecule has 0 aromatic rings. The van der Waals surface area contributed by atoms with Crippen molar-refractivity contribution in [1.82, 2.24) is 0 Å². The minimum absolute atomic E-state index is 0.383. The molecular weight excluding hydrogens is 120 g/mol. The third-order valence-electron chi connectivity index (χ3n) is 0.782. The summed E-state index contributed by atoms with van der Waals surface area (Å²) in [6.07, 6.45) is 0.589. The van der Waals surface area contributed by atoms with Crippen LogP contribution in [0.25, 0.3) is 0 Å². The van der Waals surface area contributed by atoms with E-state index in [0.717, 1.165) is 0 Å². The Labute approximate surface area is 53.9 Å². The molecular formula is C6H10O3. The van der Waals surface area contributed by atoms with Gasteiger partial charge in [0, 0.05) is 6.42 Å². The zero-order valence-electron chi connectivity index (χ0n) is 5.39. The van der Waals surface area contributed by atoms with Gasteiger partial charge in [-0.25, -0.2) is 4.79 Å². The molecule has 3 heteroatoms. The van der Waals surface area contributed by atoms with Crippen LogP contribution in [0.15, 0.2) is 12.3 Å². The molecule has 0 fully saturated rings. The summed E-state index contributed by atoms with van der Waals surface area (Å²) in [7, 11) is 0. The number of aliphatic hydroxyl groups excluding tert-OH is 1. The van der Waals surface area contributed by atoms with E-state index in [1.54, 1.807) is 0 Å². The van der Waals surface area contributed by atoms with E-state index in [1.807, 2.05) is 6.92 Å². The highest BCUT2D eigenvalue weighted by molar-refractivity contribution is 5.71. The van der Waals surface area contributed by atoms with E-state index in [1.165, 1.54) is 0 Å². The molecule has 0 aliphatic heterocycles. The summed E-state index contributed by atoms with van der Waals surface area (Å²) in [6, 6.07) is 0. The van der Waals surface area contributed by atoms with E-state index in [4.69, 9.17) is 5.11 Å². The van der Waals surface area contributed by atoms with Crippen LogP contribution >= 0.6 is 0 Å². The SMILES string of the molecule is C=C(CC)OC(=O)CO. The average Bonchev–Trinajstić information content (AvgIpc) is 1.87. The molecule has 0 heterocycles. The lowest BCUT2D eigenvalue weighted by atomic mass is 10.4. The topological polar surface area (TPSA) is 46.5 Å². The maximum atomic E-state index is 10.2. The molecule has 52 valence electrons. The van der Waals surface area contributed by atoms with Crippen LogP contribution < -0.4 is 0 Å². The van der Waals surface area contributed by atoms with Crippen molar-refractivity contribution in [2.24, 2.45) is 0 Å². The van der Waals surface area contributed by atoms with Gasteiger partial charge >= 0.3 is 5.97 Å². The van der Waals surface area contributed by atoms with Crippen molar-refractivity contribution in [2.75, 3.05) is 6.61 Å². The molecule has 0 rings (SSSR count). The van der Waals surface area contributed by atoms with Gasteiger partial charge in [-0.3, -0.25) is 0 Å². The van der Waals surface area contributed by atoms with Gasteiger partial charge in [0.25, 0.3) is 0 Å². The van der Waals surface area contributed by atoms with E-state index >= 15 is 0 Å². The zero-order valence-corrected chi connectivity index (χ0v) is 5.39. The quantitative estimate of drug-likeness (QED) is 0.445. The lowest BCUT2D eigenvalue weighted by Gasteiger charge is -2.00. The second kappa shape index (κ2) is 4.09. The maximum absolute atomic E-state index is 10.2. The Balaban J connectivity index is 3.47. The number of carbonyl (C=O) groups excluding carboxylic acids is 1. The Morgan fingerprint density at radius 2 is 2.33 bits per heavy atom. The average molecular weight is 130 g/mol. The fourth-order valence-electron chi connectivity index (χ4n) is 0.265. The predicted octanol–water partition coefficient (Wildman–Crippen LogP) is 0.446. The Morgan fingerprint density at radius 1 is 1.78 bits per heavy atom.